The lowest BCUT2D eigenvalue weighted by atomic mass is 10.1. The van der Waals surface area contributed by atoms with E-state index in [1.807, 2.05) is 24.3 Å². The third-order valence-corrected chi connectivity index (χ3v) is 3.26. The minimum absolute atomic E-state index is 0.00997. The monoisotopic (exact) mass is 285 g/mol. The van der Waals surface area contributed by atoms with Crippen molar-refractivity contribution in [3.8, 4) is 11.5 Å². The maximum atomic E-state index is 12.1. The van der Waals surface area contributed by atoms with E-state index in [1.54, 1.807) is 18.2 Å². The molecule has 0 aliphatic carbocycles. The van der Waals surface area contributed by atoms with Gasteiger partial charge in [-0.15, -0.1) is 0 Å². The lowest BCUT2D eigenvalue weighted by molar-refractivity contribution is 0.0950. The van der Waals surface area contributed by atoms with Crippen molar-refractivity contribution in [2.24, 2.45) is 0 Å². The summed E-state index contributed by atoms with van der Waals surface area (Å²) in [7, 11) is 0. The number of fused-ring (bicyclic) bond motifs is 1. The molecule has 1 aliphatic rings. The number of nitrogens with one attached hydrogen (secondary N) is 1. The first-order valence-electron chi connectivity index (χ1n) is 6.63. The highest BCUT2D eigenvalue weighted by atomic mass is 16.7. The van der Waals surface area contributed by atoms with Gasteiger partial charge in [0.2, 0.25) is 6.79 Å². The van der Waals surface area contributed by atoms with Crippen LogP contribution in [0.1, 0.15) is 21.5 Å². The van der Waals surface area contributed by atoms with Crippen molar-refractivity contribution in [1.29, 1.82) is 0 Å². The minimum atomic E-state index is -0.178. The highest BCUT2D eigenvalue weighted by Crippen LogP contribution is 2.32. The predicted octanol–water partition coefficient (Wildman–Crippen LogP) is 1.84. The molecule has 5 nitrogen and oxygen atoms in total. The van der Waals surface area contributed by atoms with Gasteiger partial charge in [-0.1, -0.05) is 24.3 Å². The van der Waals surface area contributed by atoms with Gasteiger partial charge in [0.1, 0.15) is 0 Å². The number of benzene rings is 2. The molecule has 2 aromatic carbocycles. The maximum Gasteiger partial charge on any atom is 0.251 e. The van der Waals surface area contributed by atoms with Crippen molar-refractivity contribution in [3.63, 3.8) is 0 Å². The molecule has 0 bridgehead atoms. The molecule has 21 heavy (non-hydrogen) atoms. The van der Waals surface area contributed by atoms with Crippen LogP contribution in [-0.2, 0) is 13.2 Å². The Hall–Kier alpha value is -2.53. The molecular formula is C16H15NO4. The van der Waals surface area contributed by atoms with Gasteiger partial charge in [-0.05, 0) is 29.3 Å². The first-order valence-corrected chi connectivity index (χ1v) is 6.63. The number of carbonyl (C=O) groups excluding carboxylic acids is 1. The topological polar surface area (TPSA) is 67.8 Å². The molecule has 108 valence electrons. The second-order valence-corrected chi connectivity index (χ2v) is 4.73. The lowest BCUT2D eigenvalue weighted by Crippen LogP contribution is -2.22. The Kier molecular flexibility index (Phi) is 3.75. The normalized spacial score (nSPS) is 12.2. The quantitative estimate of drug-likeness (QED) is 0.899. The standard InChI is InChI=1S/C16H15NO4/c18-9-12-3-1-2-11(6-12)8-17-16(19)13-4-5-14-15(7-13)21-10-20-14/h1-7,18H,8-10H2,(H,17,19). The van der Waals surface area contributed by atoms with Crippen molar-refractivity contribution in [1.82, 2.24) is 5.32 Å². The molecule has 0 aromatic heterocycles. The number of aliphatic hydroxyl groups excluding tert-OH is 1. The fraction of sp³-hybridized carbons (Fsp3) is 0.188. The van der Waals surface area contributed by atoms with E-state index < -0.39 is 0 Å². The Morgan fingerprint density at radius 3 is 2.76 bits per heavy atom. The number of rotatable bonds is 4. The molecule has 0 saturated carbocycles. The molecule has 1 amide bonds. The number of hydrogen-bond acceptors (Lipinski definition) is 4. The Morgan fingerprint density at radius 2 is 1.90 bits per heavy atom. The molecule has 0 fully saturated rings. The van der Waals surface area contributed by atoms with E-state index in [2.05, 4.69) is 5.32 Å². The third-order valence-electron chi connectivity index (χ3n) is 3.26. The Morgan fingerprint density at radius 1 is 1.10 bits per heavy atom. The predicted molar refractivity (Wildman–Crippen MR) is 76.1 cm³/mol. The van der Waals surface area contributed by atoms with E-state index >= 15 is 0 Å². The van der Waals surface area contributed by atoms with Gasteiger partial charge in [-0.2, -0.15) is 0 Å². The Bertz CT molecular complexity index is 669. The smallest absolute Gasteiger partial charge is 0.251 e. The summed E-state index contributed by atoms with van der Waals surface area (Å²) in [6, 6.07) is 12.5. The summed E-state index contributed by atoms with van der Waals surface area (Å²) < 4.78 is 10.5. The summed E-state index contributed by atoms with van der Waals surface area (Å²) in [5.74, 6) is 1.06. The van der Waals surface area contributed by atoms with Gasteiger partial charge >= 0.3 is 0 Å². The summed E-state index contributed by atoms with van der Waals surface area (Å²) in [5.41, 5.74) is 2.29. The number of carbonyl (C=O) groups is 1. The van der Waals surface area contributed by atoms with E-state index in [-0.39, 0.29) is 19.3 Å². The molecule has 0 unspecified atom stereocenters. The molecule has 3 rings (SSSR count). The van der Waals surface area contributed by atoms with Crippen molar-refractivity contribution in [2.45, 2.75) is 13.2 Å². The molecule has 0 radical (unpaired) electrons. The summed E-state index contributed by atoms with van der Waals surface area (Å²) in [6.07, 6.45) is 0. The summed E-state index contributed by atoms with van der Waals surface area (Å²) in [4.78, 5) is 12.1. The van der Waals surface area contributed by atoms with Gasteiger partial charge in [0.15, 0.2) is 11.5 Å². The summed E-state index contributed by atoms with van der Waals surface area (Å²) in [6.45, 7) is 0.583. The van der Waals surface area contributed by atoms with Gasteiger partial charge in [-0.3, -0.25) is 4.79 Å². The van der Waals surface area contributed by atoms with E-state index in [9.17, 15) is 4.79 Å². The van der Waals surface area contributed by atoms with Gasteiger partial charge in [0.05, 0.1) is 6.61 Å². The molecule has 0 saturated heterocycles. The lowest BCUT2D eigenvalue weighted by Gasteiger charge is -2.07. The maximum absolute atomic E-state index is 12.1. The molecule has 0 spiro atoms. The van der Waals surface area contributed by atoms with Crippen LogP contribution >= 0.6 is 0 Å². The summed E-state index contributed by atoms with van der Waals surface area (Å²) >= 11 is 0. The van der Waals surface area contributed by atoms with Crippen LogP contribution in [0, 0.1) is 0 Å². The Balaban J connectivity index is 1.66. The fourth-order valence-corrected chi connectivity index (χ4v) is 2.16. The minimum Gasteiger partial charge on any atom is -0.454 e. The number of ether oxygens (including phenoxy) is 2. The molecule has 1 heterocycles. The van der Waals surface area contributed by atoms with E-state index in [0.29, 0.717) is 23.6 Å². The summed E-state index contributed by atoms with van der Waals surface area (Å²) in [5, 5.41) is 11.9. The van der Waals surface area contributed by atoms with Crippen molar-refractivity contribution >= 4 is 5.91 Å². The van der Waals surface area contributed by atoms with E-state index in [0.717, 1.165) is 11.1 Å². The van der Waals surface area contributed by atoms with Crippen molar-refractivity contribution in [3.05, 3.63) is 59.2 Å². The van der Waals surface area contributed by atoms with Crippen LogP contribution in [0.15, 0.2) is 42.5 Å². The van der Waals surface area contributed by atoms with Crippen molar-refractivity contribution in [2.75, 3.05) is 6.79 Å². The van der Waals surface area contributed by atoms with Crippen LogP contribution in [0.3, 0.4) is 0 Å². The number of hydrogen-bond donors (Lipinski definition) is 2. The first-order chi connectivity index (χ1) is 10.3. The molecule has 1 aliphatic heterocycles. The Labute approximate surface area is 122 Å². The third kappa shape index (κ3) is 2.98. The van der Waals surface area contributed by atoms with Gasteiger partial charge in [0, 0.05) is 12.1 Å². The van der Waals surface area contributed by atoms with Crippen molar-refractivity contribution < 1.29 is 19.4 Å². The zero-order valence-electron chi connectivity index (χ0n) is 11.3. The SMILES string of the molecule is O=C(NCc1cccc(CO)c1)c1ccc2c(c1)OCO2. The molecule has 5 heteroatoms. The molecule has 0 atom stereocenters. The average molecular weight is 285 g/mol. The van der Waals surface area contributed by atoms with E-state index in [1.165, 1.54) is 0 Å². The van der Waals surface area contributed by atoms with Crippen LogP contribution in [0.2, 0.25) is 0 Å². The highest BCUT2D eigenvalue weighted by Gasteiger charge is 2.15. The molecule has 2 aromatic rings. The van der Waals surface area contributed by atoms with Crippen LogP contribution < -0.4 is 14.8 Å². The second kappa shape index (κ2) is 5.85. The average Bonchev–Trinajstić information content (AvgIpc) is 3.00. The van der Waals surface area contributed by atoms with Crippen LogP contribution in [-0.4, -0.2) is 17.8 Å². The van der Waals surface area contributed by atoms with Gasteiger partial charge < -0.3 is 19.9 Å². The van der Waals surface area contributed by atoms with Gasteiger partial charge in [0.25, 0.3) is 5.91 Å². The second-order valence-electron chi connectivity index (χ2n) is 4.73. The zero-order valence-corrected chi connectivity index (χ0v) is 11.3. The number of aliphatic hydroxyl groups is 1. The van der Waals surface area contributed by atoms with E-state index in [4.69, 9.17) is 14.6 Å². The van der Waals surface area contributed by atoms with Crippen LogP contribution in [0.4, 0.5) is 0 Å². The largest absolute Gasteiger partial charge is 0.454 e. The van der Waals surface area contributed by atoms with Crippen LogP contribution in [0.5, 0.6) is 11.5 Å². The molecule has 2 N–H and O–H groups in total. The van der Waals surface area contributed by atoms with Crippen LogP contribution in [0.25, 0.3) is 0 Å². The number of amides is 1. The highest BCUT2D eigenvalue weighted by molar-refractivity contribution is 5.94. The molecular weight excluding hydrogens is 270 g/mol. The first kappa shape index (κ1) is 13.5. The zero-order chi connectivity index (χ0) is 14.7. The van der Waals surface area contributed by atoms with Gasteiger partial charge in [-0.25, -0.2) is 0 Å². The fourth-order valence-electron chi connectivity index (χ4n) is 2.16.